The molecule has 4 nitrogen and oxygen atoms in total. The summed E-state index contributed by atoms with van der Waals surface area (Å²) in [6.45, 7) is 6.14. The Labute approximate surface area is 78.8 Å². The number of rotatable bonds is 2. The number of hydrogen-bond acceptors (Lipinski definition) is 2. The number of likely N-dealkylation sites (N-methyl/N-ethyl adjacent to an activating group) is 1. The second-order valence-corrected chi connectivity index (χ2v) is 3.77. The monoisotopic (exact) mass is 183 g/mol. The lowest BCUT2D eigenvalue weighted by atomic mass is 9.82. The molecule has 4 heteroatoms. The molecule has 0 aromatic rings. The van der Waals surface area contributed by atoms with Crippen LogP contribution < -0.4 is 5.73 Å². The molecule has 0 saturated heterocycles. The normalized spacial score (nSPS) is 28.5. The fourth-order valence-electron chi connectivity index (χ4n) is 2.13. The average Bonchev–Trinajstić information content (AvgIpc) is 2.25. The van der Waals surface area contributed by atoms with Crippen LogP contribution in [0.2, 0.25) is 0 Å². The first kappa shape index (κ1) is 10.0. The molecule has 1 aliphatic rings. The van der Waals surface area contributed by atoms with E-state index in [1.165, 1.54) is 0 Å². The van der Waals surface area contributed by atoms with Crippen LogP contribution in [-0.4, -0.2) is 29.4 Å². The van der Waals surface area contributed by atoms with Crippen molar-refractivity contribution in [2.45, 2.75) is 32.7 Å². The van der Waals surface area contributed by atoms with Crippen LogP contribution >= 0.6 is 0 Å². The Morgan fingerprint density at radius 3 is 2.31 bits per heavy atom. The van der Waals surface area contributed by atoms with Gasteiger partial charge in [0.05, 0.1) is 0 Å². The topological polar surface area (TPSA) is 58.7 Å². The summed E-state index contributed by atoms with van der Waals surface area (Å²) in [6.07, 6.45) is 0.808. The molecule has 0 aromatic carbocycles. The molecule has 74 valence electrons. The summed E-state index contributed by atoms with van der Waals surface area (Å²) in [5, 5.41) is 0. The molecule has 0 aliphatic carbocycles. The van der Waals surface area contributed by atoms with E-state index in [2.05, 4.69) is 18.8 Å². The van der Waals surface area contributed by atoms with Crippen LogP contribution in [0.4, 0.5) is 4.79 Å². The predicted octanol–water partition coefficient (Wildman–Crippen LogP) is 1.21. The average molecular weight is 183 g/mol. The minimum Gasteiger partial charge on any atom is -0.385 e. The Morgan fingerprint density at radius 2 is 2.15 bits per heavy atom. The zero-order valence-electron chi connectivity index (χ0n) is 8.66. The van der Waals surface area contributed by atoms with E-state index in [4.69, 9.17) is 5.73 Å². The van der Waals surface area contributed by atoms with E-state index < -0.39 is 0 Å². The smallest absolute Gasteiger partial charge is 0.345 e. The lowest BCUT2D eigenvalue weighted by Gasteiger charge is -2.38. The summed E-state index contributed by atoms with van der Waals surface area (Å²) in [4.78, 5) is 16.8. The van der Waals surface area contributed by atoms with E-state index in [1.54, 1.807) is 11.9 Å². The standard InChI is InChI=1S/C9H17N3O/c1-5-9(6(2)3)7(10)11-8(13)12(9)4/h6H,5H2,1-4H3,(H2,10,11,13). The van der Waals surface area contributed by atoms with Crippen LogP contribution in [-0.2, 0) is 0 Å². The van der Waals surface area contributed by atoms with Crippen LogP contribution in [0.1, 0.15) is 27.2 Å². The molecule has 1 aliphatic heterocycles. The van der Waals surface area contributed by atoms with Crippen LogP contribution in [0, 0.1) is 5.92 Å². The molecular weight excluding hydrogens is 166 g/mol. The minimum atomic E-state index is -0.364. The van der Waals surface area contributed by atoms with Crippen LogP contribution in [0.5, 0.6) is 0 Å². The number of urea groups is 1. The molecule has 0 radical (unpaired) electrons. The molecule has 0 aromatic heterocycles. The third kappa shape index (κ3) is 1.12. The zero-order chi connectivity index (χ0) is 10.2. The highest BCUT2D eigenvalue weighted by Gasteiger charge is 2.47. The van der Waals surface area contributed by atoms with Crippen molar-refractivity contribution in [3.05, 3.63) is 0 Å². The Bertz CT molecular complexity index is 260. The van der Waals surface area contributed by atoms with Gasteiger partial charge in [-0.3, -0.25) is 0 Å². The van der Waals surface area contributed by atoms with Crippen LogP contribution in [0.25, 0.3) is 0 Å². The van der Waals surface area contributed by atoms with Gasteiger partial charge in [0.1, 0.15) is 11.4 Å². The number of amidine groups is 1. The van der Waals surface area contributed by atoms with Crippen LogP contribution in [0.15, 0.2) is 4.99 Å². The first-order chi connectivity index (χ1) is 5.96. The van der Waals surface area contributed by atoms with Gasteiger partial charge in [-0.1, -0.05) is 20.8 Å². The predicted molar refractivity (Wildman–Crippen MR) is 52.6 cm³/mol. The van der Waals surface area contributed by atoms with E-state index in [9.17, 15) is 4.79 Å². The molecule has 0 fully saturated rings. The number of aliphatic imine (C=N–C) groups is 1. The molecule has 0 saturated carbocycles. The number of carbonyl (C=O) groups excluding carboxylic acids is 1. The lowest BCUT2D eigenvalue weighted by molar-refractivity contribution is 0.159. The molecule has 2 amide bonds. The fourth-order valence-corrected chi connectivity index (χ4v) is 2.13. The molecule has 0 bridgehead atoms. The van der Waals surface area contributed by atoms with Crippen molar-refractivity contribution in [2.24, 2.45) is 16.6 Å². The van der Waals surface area contributed by atoms with Gasteiger partial charge >= 0.3 is 6.03 Å². The van der Waals surface area contributed by atoms with Crippen LogP contribution in [0.3, 0.4) is 0 Å². The SMILES string of the molecule is CCC1(C(C)C)C(N)=NC(=O)N1C. The summed E-state index contributed by atoms with van der Waals surface area (Å²) in [5.41, 5.74) is 5.43. The van der Waals surface area contributed by atoms with E-state index in [1.807, 2.05) is 6.92 Å². The lowest BCUT2D eigenvalue weighted by Crippen LogP contribution is -2.55. The van der Waals surface area contributed by atoms with Crippen molar-refractivity contribution in [2.75, 3.05) is 7.05 Å². The maximum Gasteiger partial charge on any atom is 0.345 e. The summed E-state index contributed by atoms with van der Waals surface area (Å²) in [6, 6.07) is -0.229. The van der Waals surface area contributed by atoms with Gasteiger partial charge in [-0.2, -0.15) is 4.99 Å². The number of carbonyl (C=O) groups is 1. The van der Waals surface area contributed by atoms with E-state index in [0.717, 1.165) is 6.42 Å². The number of nitrogens with zero attached hydrogens (tertiary/aromatic N) is 2. The molecule has 13 heavy (non-hydrogen) atoms. The Balaban J connectivity index is 3.13. The molecule has 1 heterocycles. The molecule has 1 atom stereocenters. The maximum atomic E-state index is 11.3. The van der Waals surface area contributed by atoms with E-state index in [-0.39, 0.29) is 17.5 Å². The molecule has 1 unspecified atom stereocenters. The molecule has 1 rings (SSSR count). The third-order valence-corrected chi connectivity index (χ3v) is 3.04. The van der Waals surface area contributed by atoms with Crippen molar-refractivity contribution in [1.82, 2.24) is 4.90 Å². The second-order valence-electron chi connectivity index (χ2n) is 3.77. The summed E-state index contributed by atoms with van der Waals surface area (Å²) < 4.78 is 0. The van der Waals surface area contributed by atoms with Crippen molar-refractivity contribution in [3.8, 4) is 0 Å². The van der Waals surface area contributed by atoms with Gasteiger partial charge in [-0.25, -0.2) is 4.79 Å². The van der Waals surface area contributed by atoms with Gasteiger partial charge in [0.25, 0.3) is 0 Å². The molecule has 2 N–H and O–H groups in total. The second kappa shape index (κ2) is 3.01. The van der Waals surface area contributed by atoms with Crippen molar-refractivity contribution >= 4 is 11.9 Å². The highest BCUT2D eigenvalue weighted by Crippen LogP contribution is 2.32. The van der Waals surface area contributed by atoms with Gasteiger partial charge < -0.3 is 10.6 Å². The van der Waals surface area contributed by atoms with Gasteiger partial charge in [0.2, 0.25) is 0 Å². The third-order valence-electron chi connectivity index (χ3n) is 3.04. The summed E-state index contributed by atoms with van der Waals surface area (Å²) >= 11 is 0. The number of nitrogens with two attached hydrogens (primary N) is 1. The minimum absolute atomic E-state index is 0.229. The van der Waals surface area contributed by atoms with Gasteiger partial charge in [-0.05, 0) is 12.3 Å². The quantitative estimate of drug-likeness (QED) is 0.699. The Hall–Kier alpha value is -1.06. The molecule has 0 spiro atoms. The molecular formula is C9H17N3O. The highest BCUT2D eigenvalue weighted by molar-refractivity contribution is 6.05. The number of amides is 2. The zero-order valence-corrected chi connectivity index (χ0v) is 8.66. The Morgan fingerprint density at radius 1 is 1.62 bits per heavy atom. The highest BCUT2D eigenvalue weighted by atomic mass is 16.2. The summed E-state index contributed by atoms with van der Waals surface area (Å²) in [7, 11) is 1.76. The van der Waals surface area contributed by atoms with Crippen molar-refractivity contribution in [3.63, 3.8) is 0 Å². The maximum absolute atomic E-state index is 11.3. The fraction of sp³-hybridized carbons (Fsp3) is 0.778. The van der Waals surface area contributed by atoms with Gasteiger partial charge in [0, 0.05) is 7.05 Å². The van der Waals surface area contributed by atoms with Crippen molar-refractivity contribution < 1.29 is 4.79 Å². The van der Waals surface area contributed by atoms with Gasteiger partial charge in [-0.15, -0.1) is 0 Å². The first-order valence-corrected chi connectivity index (χ1v) is 4.59. The van der Waals surface area contributed by atoms with Crippen molar-refractivity contribution in [1.29, 1.82) is 0 Å². The largest absolute Gasteiger partial charge is 0.385 e. The van der Waals surface area contributed by atoms with E-state index in [0.29, 0.717) is 5.84 Å². The van der Waals surface area contributed by atoms with E-state index >= 15 is 0 Å². The van der Waals surface area contributed by atoms with Gasteiger partial charge in [0.15, 0.2) is 0 Å². The summed E-state index contributed by atoms with van der Waals surface area (Å²) in [5.74, 6) is 0.746. The number of hydrogen-bond donors (Lipinski definition) is 1. The Kier molecular flexibility index (Phi) is 2.32. The first-order valence-electron chi connectivity index (χ1n) is 4.59.